The third kappa shape index (κ3) is 3.48. The van der Waals surface area contributed by atoms with Crippen molar-refractivity contribution < 1.29 is 9.13 Å². The molecule has 1 unspecified atom stereocenters. The summed E-state index contributed by atoms with van der Waals surface area (Å²) in [5.41, 5.74) is 9.97. The van der Waals surface area contributed by atoms with Crippen molar-refractivity contribution >= 4 is 11.5 Å². The Kier molecular flexibility index (Phi) is 4.59. The number of benzene rings is 3. The van der Waals surface area contributed by atoms with Gasteiger partial charge in [0.2, 0.25) is 0 Å². The summed E-state index contributed by atoms with van der Waals surface area (Å²) in [4.78, 5) is 0. The van der Waals surface area contributed by atoms with Crippen molar-refractivity contribution in [2.75, 3.05) is 17.6 Å². The van der Waals surface area contributed by atoms with Crippen LogP contribution in [-0.2, 0) is 0 Å². The van der Waals surface area contributed by atoms with Crippen molar-refractivity contribution in [2.24, 2.45) is 0 Å². The largest absolute Gasteiger partial charge is 0.457 e. The number of rotatable bonds is 4. The maximum absolute atomic E-state index is 13.0. The van der Waals surface area contributed by atoms with Crippen LogP contribution in [0, 0.1) is 5.82 Å². The van der Waals surface area contributed by atoms with Gasteiger partial charge in [-0.3, -0.25) is 0 Å². The van der Waals surface area contributed by atoms with E-state index >= 15 is 0 Å². The summed E-state index contributed by atoms with van der Waals surface area (Å²) in [7, 11) is 0. The van der Waals surface area contributed by atoms with Crippen molar-refractivity contribution in [1.29, 1.82) is 0 Å². The minimum Gasteiger partial charge on any atom is -0.457 e. The fourth-order valence-electron chi connectivity index (χ4n) is 3.80. The molecule has 5 nitrogen and oxygen atoms in total. The van der Waals surface area contributed by atoms with Crippen LogP contribution in [0.3, 0.4) is 0 Å². The number of hydrogen-bond acceptors (Lipinski definition) is 4. The normalized spacial score (nSPS) is 15.3. The molecular formula is C24H21FN4O. The quantitative estimate of drug-likeness (QED) is 0.446. The van der Waals surface area contributed by atoms with Gasteiger partial charge < -0.3 is 15.8 Å². The number of nitrogens with zero attached hydrogens (tertiary/aromatic N) is 2. The number of nitrogen functional groups attached to an aromatic ring is 1. The first kappa shape index (κ1) is 18.2. The van der Waals surface area contributed by atoms with Gasteiger partial charge in [0, 0.05) is 23.9 Å². The molecule has 0 radical (unpaired) electrons. The zero-order chi connectivity index (χ0) is 20.5. The van der Waals surface area contributed by atoms with Crippen molar-refractivity contribution in [2.45, 2.75) is 12.5 Å². The Balaban J connectivity index is 1.40. The minimum absolute atomic E-state index is 0.109. The van der Waals surface area contributed by atoms with Crippen molar-refractivity contribution in [3.05, 3.63) is 90.2 Å². The molecule has 0 saturated carbocycles. The van der Waals surface area contributed by atoms with Crippen LogP contribution in [0.2, 0.25) is 0 Å². The smallest absolute Gasteiger partial charge is 0.127 e. The second-order valence-corrected chi connectivity index (χ2v) is 7.30. The number of halogens is 1. The minimum atomic E-state index is -0.286. The van der Waals surface area contributed by atoms with E-state index < -0.39 is 0 Å². The molecule has 6 heteroatoms. The Bertz CT molecular complexity index is 1170. The zero-order valence-corrected chi connectivity index (χ0v) is 16.3. The molecule has 0 amide bonds. The van der Waals surface area contributed by atoms with Crippen LogP contribution < -0.4 is 15.8 Å². The van der Waals surface area contributed by atoms with Gasteiger partial charge in [0.05, 0.1) is 11.7 Å². The number of aromatic nitrogens is 2. The highest BCUT2D eigenvalue weighted by Gasteiger charge is 2.24. The molecule has 3 N–H and O–H groups in total. The topological polar surface area (TPSA) is 65.1 Å². The summed E-state index contributed by atoms with van der Waals surface area (Å²) in [5, 5.41) is 8.28. The van der Waals surface area contributed by atoms with E-state index in [1.54, 1.807) is 12.1 Å². The molecule has 0 spiro atoms. The predicted molar refractivity (Wildman–Crippen MR) is 116 cm³/mol. The number of ether oxygens (including phenoxy) is 1. The first-order valence-electron chi connectivity index (χ1n) is 9.89. The molecule has 0 aliphatic carbocycles. The lowest BCUT2D eigenvalue weighted by Crippen LogP contribution is -2.24. The lowest BCUT2D eigenvalue weighted by Gasteiger charge is -2.26. The SMILES string of the molecule is Nc1ccccc1C1CCNc2cc(-c3ccc(Oc4ccc(F)cc4)cc3)nn21. The second-order valence-electron chi connectivity index (χ2n) is 7.30. The van der Waals surface area contributed by atoms with Crippen molar-refractivity contribution in [3.63, 3.8) is 0 Å². The number of nitrogens with two attached hydrogens (primary N) is 1. The number of para-hydroxylation sites is 1. The van der Waals surface area contributed by atoms with Gasteiger partial charge in [-0.05, 0) is 66.6 Å². The van der Waals surface area contributed by atoms with Crippen molar-refractivity contribution in [3.8, 4) is 22.8 Å². The zero-order valence-electron chi connectivity index (χ0n) is 16.3. The summed E-state index contributed by atoms with van der Waals surface area (Å²) in [5.74, 6) is 1.97. The monoisotopic (exact) mass is 400 g/mol. The first-order chi connectivity index (χ1) is 14.7. The third-order valence-electron chi connectivity index (χ3n) is 5.31. The maximum atomic E-state index is 13.0. The van der Waals surface area contributed by atoms with E-state index in [1.165, 1.54) is 12.1 Å². The number of fused-ring (bicyclic) bond motifs is 1. The lowest BCUT2D eigenvalue weighted by molar-refractivity contribution is 0.480. The molecule has 0 bridgehead atoms. The van der Waals surface area contributed by atoms with E-state index in [4.69, 9.17) is 15.6 Å². The molecule has 1 atom stereocenters. The van der Waals surface area contributed by atoms with E-state index in [0.717, 1.165) is 41.3 Å². The lowest BCUT2D eigenvalue weighted by atomic mass is 10.0. The van der Waals surface area contributed by atoms with Gasteiger partial charge in [0.15, 0.2) is 0 Å². The van der Waals surface area contributed by atoms with Gasteiger partial charge in [0.1, 0.15) is 23.1 Å². The summed E-state index contributed by atoms with van der Waals surface area (Å²) >= 11 is 0. The molecule has 0 fully saturated rings. The van der Waals surface area contributed by atoms with E-state index in [2.05, 4.69) is 17.4 Å². The second kappa shape index (κ2) is 7.55. The molecule has 2 heterocycles. The highest BCUT2D eigenvalue weighted by molar-refractivity contribution is 5.65. The van der Waals surface area contributed by atoms with Gasteiger partial charge in [-0.15, -0.1) is 0 Å². The van der Waals surface area contributed by atoms with E-state index in [1.807, 2.05) is 47.1 Å². The summed E-state index contributed by atoms with van der Waals surface area (Å²) < 4.78 is 20.8. The van der Waals surface area contributed by atoms with Gasteiger partial charge >= 0.3 is 0 Å². The van der Waals surface area contributed by atoms with Crippen LogP contribution in [0.1, 0.15) is 18.0 Å². The molecule has 1 aliphatic heterocycles. The van der Waals surface area contributed by atoms with Crippen LogP contribution in [0.15, 0.2) is 78.9 Å². The molecule has 5 rings (SSSR count). The number of anilines is 2. The number of hydrogen-bond donors (Lipinski definition) is 2. The third-order valence-corrected chi connectivity index (χ3v) is 5.31. The Labute approximate surface area is 173 Å². The van der Waals surface area contributed by atoms with Gasteiger partial charge in [-0.2, -0.15) is 5.10 Å². The molecule has 150 valence electrons. The van der Waals surface area contributed by atoms with Gasteiger partial charge in [-0.1, -0.05) is 18.2 Å². The van der Waals surface area contributed by atoms with Crippen LogP contribution in [-0.4, -0.2) is 16.3 Å². The predicted octanol–water partition coefficient (Wildman–Crippen LogP) is 5.47. The number of nitrogens with one attached hydrogen (secondary N) is 1. The Hall–Kier alpha value is -3.80. The van der Waals surface area contributed by atoms with Crippen LogP contribution in [0.5, 0.6) is 11.5 Å². The molecule has 0 saturated heterocycles. The average Bonchev–Trinajstić information content (AvgIpc) is 3.21. The van der Waals surface area contributed by atoms with E-state index in [9.17, 15) is 4.39 Å². The van der Waals surface area contributed by atoms with Gasteiger partial charge in [-0.25, -0.2) is 9.07 Å². The van der Waals surface area contributed by atoms with Crippen molar-refractivity contribution in [1.82, 2.24) is 9.78 Å². The van der Waals surface area contributed by atoms with Gasteiger partial charge in [0.25, 0.3) is 0 Å². The highest BCUT2D eigenvalue weighted by atomic mass is 19.1. The average molecular weight is 400 g/mol. The maximum Gasteiger partial charge on any atom is 0.127 e. The van der Waals surface area contributed by atoms with E-state index in [-0.39, 0.29) is 11.9 Å². The Morgan fingerprint density at radius 2 is 1.67 bits per heavy atom. The van der Waals surface area contributed by atoms with Crippen LogP contribution in [0.4, 0.5) is 15.9 Å². The summed E-state index contributed by atoms with van der Waals surface area (Å²) in [6.45, 7) is 0.870. The fourth-order valence-corrected chi connectivity index (χ4v) is 3.80. The Morgan fingerprint density at radius 1 is 0.967 bits per heavy atom. The van der Waals surface area contributed by atoms with Crippen LogP contribution >= 0.6 is 0 Å². The fraction of sp³-hybridized carbons (Fsp3) is 0.125. The molecule has 30 heavy (non-hydrogen) atoms. The standard InChI is InChI=1S/C24H21FN4O/c25-17-7-11-19(12-8-17)30-18-9-5-16(6-10-18)22-15-24-27-14-13-23(29(24)28-22)20-3-1-2-4-21(20)26/h1-12,15,23,27H,13-14,26H2. The van der Waals surface area contributed by atoms with E-state index in [0.29, 0.717) is 11.5 Å². The highest BCUT2D eigenvalue weighted by Crippen LogP contribution is 2.35. The molecule has 1 aliphatic rings. The first-order valence-corrected chi connectivity index (χ1v) is 9.89. The molecule has 1 aromatic heterocycles. The Morgan fingerprint density at radius 3 is 2.40 bits per heavy atom. The summed E-state index contributed by atoms with van der Waals surface area (Å²) in [6, 6.07) is 23.8. The molecule has 3 aromatic carbocycles. The summed E-state index contributed by atoms with van der Waals surface area (Å²) in [6.07, 6.45) is 0.923. The molecule has 4 aromatic rings. The molecular weight excluding hydrogens is 379 g/mol. The van der Waals surface area contributed by atoms with Crippen LogP contribution in [0.25, 0.3) is 11.3 Å².